The van der Waals surface area contributed by atoms with Crippen molar-refractivity contribution in [2.24, 2.45) is 11.7 Å². The standard InChI is InChI=1S/C17H23N.ClH/c1-12(2)8-11-17(18)16-10-9-13(3)14-6-4-5-7-15(14)16;/h4-7,9-10,12,17H,8,11,18H2,1-3H3;1H/t17-;/m0./s1. The second-order valence-corrected chi connectivity index (χ2v) is 5.59. The van der Waals surface area contributed by atoms with Gasteiger partial charge in [0.1, 0.15) is 0 Å². The van der Waals surface area contributed by atoms with Crippen LogP contribution < -0.4 is 5.73 Å². The molecule has 0 heterocycles. The van der Waals surface area contributed by atoms with Crippen molar-refractivity contribution in [3.8, 4) is 0 Å². The number of fused-ring (bicyclic) bond motifs is 1. The highest BCUT2D eigenvalue weighted by atomic mass is 35.5. The molecule has 1 nitrogen and oxygen atoms in total. The maximum Gasteiger partial charge on any atom is 0.0301 e. The van der Waals surface area contributed by atoms with Crippen LogP contribution in [0.15, 0.2) is 36.4 Å². The van der Waals surface area contributed by atoms with Crippen LogP contribution in [0.25, 0.3) is 10.8 Å². The molecule has 0 spiro atoms. The highest BCUT2D eigenvalue weighted by Crippen LogP contribution is 2.28. The second kappa shape index (κ2) is 6.93. The molecule has 0 saturated heterocycles. The fourth-order valence-corrected chi connectivity index (χ4v) is 2.46. The summed E-state index contributed by atoms with van der Waals surface area (Å²) in [5, 5.41) is 2.64. The molecule has 0 unspecified atom stereocenters. The molecule has 104 valence electrons. The summed E-state index contributed by atoms with van der Waals surface area (Å²) in [6.07, 6.45) is 2.24. The van der Waals surface area contributed by atoms with Crippen LogP contribution >= 0.6 is 12.4 Å². The average molecular weight is 278 g/mol. The molecule has 2 aromatic carbocycles. The summed E-state index contributed by atoms with van der Waals surface area (Å²) in [4.78, 5) is 0. The number of halogens is 1. The Balaban J connectivity index is 0.00000180. The number of nitrogens with two attached hydrogens (primary N) is 1. The molecule has 0 bridgehead atoms. The van der Waals surface area contributed by atoms with Crippen LogP contribution in [0.5, 0.6) is 0 Å². The lowest BCUT2D eigenvalue weighted by Gasteiger charge is -2.17. The Morgan fingerprint density at radius 1 is 0.947 bits per heavy atom. The molecule has 0 aliphatic heterocycles. The molecule has 2 aromatic rings. The molecule has 19 heavy (non-hydrogen) atoms. The van der Waals surface area contributed by atoms with Crippen molar-refractivity contribution in [1.82, 2.24) is 0 Å². The second-order valence-electron chi connectivity index (χ2n) is 5.59. The van der Waals surface area contributed by atoms with E-state index in [9.17, 15) is 0 Å². The van der Waals surface area contributed by atoms with Crippen molar-refractivity contribution in [3.05, 3.63) is 47.5 Å². The molecule has 0 aliphatic rings. The minimum Gasteiger partial charge on any atom is -0.324 e. The van der Waals surface area contributed by atoms with E-state index in [0.717, 1.165) is 6.42 Å². The smallest absolute Gasteiger partial charge is 0.0301 e. The summed E-state index contributed by atoms with van der Waals surface area (Å²) in [5.74, 6) is 0.716. The highest BCUT2D eigenvalue weighted by Gasteiger charge is 2.11. The van der Waals surface area contributed by atoms with Gasteiger partial charge in [0, 0.05) is 6.04 Å². The first kappa shape index (κ1) is 16.0. The molecule has 2 rings (SSSR count). The third-order valence-corrected chi connectivity index (χ3v) is 3.63. The van der Waals surface area contributed by atoms with Gasteiger partial charge in [-0.15, -0.1) is 12.4 Å². The molecule has 0 saturated carbocycles. The van der Waals surface area contributed by atoms with Crippen molar-refractivity contribution < 1.29 is 0 Å². The Bertz CT molecular complexity index is 534. The van der Waals surface area contributed by atoms with Crippen LogP contribution in [0.1, 0.15) is 43.9 Å². The van der Waals surface area contributed by atoms with E-state index < -0.39 is 0 Å². The molecular weight excluding hydrogens is 254 g/mol. The minimum atomic E-state index is 0. The van der Waals surface area contributed by atoms with Crippen LogP contribution in [0.3, 0.4) is 0 Å². The lowest BCUT2D eigenvalue weighted by atomic mass is 9.92. The average Bonchev–Trinajstić information content (AvgIpc) is 2.37. The third-order valence-electron chi connectivity index (χ3n) is 3.63. The fraction of sp³-hybridized carbons (Fsp3) is 0.412. The van der Waals surface area contributed by atoms with Gasteiger partial charge in [0.15, 0.2) is 0 Å². The van der Waals surface area contributed by atoms with Crippen molar-refractivity contribution >= 4 is 23.2 Å². The lowest BCUT2D eigenvalue weighted by Crippen LogP contribution is -2.11. The summed E-state index contributed by atoms with van der Waals surface area (Å²) in [6, 6.07) is 13.1. The van der Waals surface area contributed by atoms with Gasteiger partial charge >= 0.3 is 0 Å². The maximum atomic E-state index is 6.36. The Kier molecular flexibility index (Phi) is 5.84. The SMILES string of the molecule is Cc1ccc([C@@H](N)CCC(C)C)c2ccccc12.Cl. The quantitative estimate of drug-likeness (QED) is 0.836. The number of aryl methyl sites for hydroxylation is 1. The van der Waals surface area contributed by atoms with Crippen LogP contribution in [0.4, 0.5) is 0 Å². The normalized spacial score (nSPS) is 12.5. The molecule has 0 fully saturated rings. The van der Waals surface area contributed by atoms with Gasteiger partial charge in [-0.2, -0.15) is 0 Å². The van der Waals surface area contributed by atoms with Crippen molar-refractivity contribution in [3.63, 3.8) is 0 Å². The van der Waals surface area contributed by atoms with Gasteiger partial charge in [0.2, 0.25) is 0 Å². The van der Waals surface area contributed by atoms with E-state index in [1.807, 2.05) is 0 Å². The van der Waals surface area contributed by atoms with E-state index in [1.165, 1.54) is 28.3 Å². The van der Waals surface area contributed by atoms with Crippen molar-refractivity contribution in [2.75, 3.05) is 0 Å². The molecular formula is C17H24ClN. The van der Waals surface area contributed by atoms with E-state index >= 15 is 0 Å². The molecule has 0 radical (unpaired) electrons. The number of benzene rings is 2. The van der Waals surface area contributed by atoms with E-state index in [1.54, 1.807) is 0 Å². The van der Waals surface area contributed by atoms with E-state index in [-0.39, 0.29) is 18.4 Å². The minimum absolute atomic E-state index is 0. The summed E-state index contributed by atoms with van der Waals surface area (Å²) in [6.45, 7) is 6.66. The molecule has 1 atom stereocenters. The Labute approximate surface area is 122 Å². The van der Waals surface area contributed by atoms with E-state index in [0.29, 0.717) is 5.92 Å². The first-order valence-electron chi connectivity index (χ1n) is 6.83. The van der Waals surface area contributed by atoms with E-state index in [4.69, 9.17) is 5.73 Å². The topological polar surface area (TPSA) is 26.0 Å². The monoisotopic (exact) mass is 277 g/mol. The number of hydrogen-bond donors (Lipinski definition) is 1. The first-order valence-corrected chi connectivity index (χ1v) is 6.83. The van der Waals surface area contributed by atoms with Gasteiger partial charge in [-0.3, -0.25) is 0 Å². The maximum absolute atomic E-state index is 6.36. The van der Waals surface area contributed by atoms with Crippen LogP contribution in [0, 0.1) is 12.8 Å². The zero-order valence-corrected chi connectivity index (χ0v) is 12.8. The van der Waals surface area contributed by atoms with Gasteiger partial charge in [-0.25, -0.2) is 0 Å². The van der Waals surface area contributed by atoms with Crippen molar-refractivity contribution in [2.45, 2.75) is 39.7 Å². The Morgan fingerprint density at radius 2 is 1.58 bits per heavy atom. The van der Waals surface area contributed by atoms with Crippen LogP contribution in [0.2, 0.25) is 0 Å². The third kappa shape index (κ3) is 3.71. The largest absolute Gasteiger partial charge is 0.324 e. The molecule has 2 N–H and O–H groups in total. The Hall–Kier alpha value is -1.05. The zero-order chi connectivity index (χ0) is 13.1. The molecule has 0 amide bonds. The van der Waals surface area contributed by atoms with Gasteiger partial charge in [0.25, 0.3) is 0 Å². The van der Waals surface area contributed by atoms with Gasteiger partial charge in [-0.1, -0.05) is 50.2 Å². The van der Waals surface area contributed by atoms with Crippen molar-refractivity contribution in [1.29, 1.82) is 0 Å². The van der Waals surface area contributed by atoms with Gasteiger partial charge in [-0.05, 0) is 47.6 Å². The van der Waals surface area contributed by atoms with Gasteiger partial charge in [0.05, 0.1) is 0 Å². The molecule has 0 aromatic heterocycles. The number of hydrogen-bond acceptors (Lipinski definition) is 1. The fourth-order valence-electron chi connectivity index (χ4n) is 2.46. The summed E-state index contributed by atoms with van der Waals surface area (Å²) in [7, 11) is 0. The predicted molar refractivity (Wildman–Crippen MR) is 86.9 cm³/mol. The summed E-state index contributed by atoms with van der Waals surface area (Å²) >= 11 is 0. The highest BCUT2D eigenvalue weighted by molar-refractivity contribution is 5.88. The van der Waals surface area contributed by atoms with E-state index in [2.05, 4.69) is 57.2 Å². The Morgan fingerprint density at radius 3 is 2.21 bits per heavy atom. The lowest BCUT2D eigenvalue weighted by molar-refractivity contribution is 0.508. The summed E-state index contributed by atoms with van der Waals surface area (Å²) < 4.78 is 0. The first-order chi connectivity index (χ1) is 8.59. The van der Waals surface area contributed by atoms with Crippen LogP contribution in [-0.4, -0.2) is 0 Å². The van der Waals surface area contributed by atoms with Crippen LogP contribution in [-0.2, 0) is 0 Å². The summed E-state index contributed by atoms with van der Waals surface area (Å²) in [5.41, 5.74) is 8.97. The molecule has 0 aliphatic carbocycles. The molecule has 2 heteroatoms. The van der Waals surface area contributed by atoms with Gasteiger partial charge < -0.3 is 5.73 Å². The predicted octanol–water partition coefficient (Wildman–Crippen LogP) is 5.01. The zero-order valence-electron chi connectivity index (χ0n) is 12.0. The number of rotatable bonds is 4.